The van der Waals surface area contributed by atoms with Crippen LogP contribution in [0, 0.1) is 6.92 Å². The van der Waals surface area contributed by atoms with Crippen LogP contribution in [0.25, 0.3) is 0 Å². The minimum absolute atomic E-state index is 0.259. The first kappa shape index (κ1) is 15.7. The highest BCUT2D eigenvalue weighted by atomic mass is 16.3. The fraction of sp³-hybridized carbons (Fsp3) is 0.176. The quantitative estimate of drug-likeness (QED) is 0.723. The van der Waals surface area contributed by atoms with Crippen molar-refractivity contribution in [2.24, 2.45) is 0 Å². The van der Waals surface area contributed by atoms with E-state index in [1.165, 1.54) is 0 Å². The van der Waals surface area contributed by atoms with Crippen LogP contribution in [-0.4, -0.2) is 20.9 Å². The Hall–Kier alpha value is -3.22. The zero-order valence-electron chi connectivity index (χ0n) is 13.2. The molecule has 0 aliphatic rings. The lowest BCUT2D eigenvalue weighted by molar-refractivity contribution is 0.0945. The highest BCUT2D eigenvalue weighted by Crippen LogP contribution is 2.08. The molecule has 0 radical (unpaired) electrons. The summed E-state index contributed by atoms with van der Waals surface area (Å²) in [6.07, 6.45) is 5.00. The molecule has 3 heterocycles. The van der Waals surface area contributed by atoms with Crippen molar-refractivity contribution in [3.05, 3.63) is 71.7 Å². The maximum absolute atomic E-state index is 12.3. The number of nitrogens with zero attached hydrogens (tertiary/aromatic N) is 3. The van der Waals surface area contributed by atoms with Crippen molar-refractivity contribution in [3.8, 4) is 0 Å². The summed E-state index contributed by atoms with van der Waals surface area (Å²) in [6, 6.07) is 9.04. The van der Waals surface area contributed by atoms with E-state index in [0.717, 1.165) is 11.3 Å². The van der Waals surface area contributed by atoms with E-state index in [1.807, 2.05) is 31.2 Å². The number of hydrogen-bond acceptors (Lipinski definition) is 6. The van der Waals surface area contributed by atoms with Crippen LogP contribution in [0.2, 0.25) is 0 Å². The molecule has 24 heavy (non-hydrogen) atoms. The smallest absolute Gasteiger partial charge is 0.270 e. The number of carbonyl (C=O) groups excluding carboxylic acids is 1. The predicted molar refractivity (Wildman–Crippen MR) is 88.2 cm³/mol. The number of furan rings is 1. The second kappa shape index (κ2) is 7.36. The van der Waals surface area contributed by atoms with Gasteiger partial charge in [0.15, 0.2) is 0 Å². The lowest BCUT2D eigenvalue weighted by Crippen LogP contribution is -2.24. The number of anilines is 1. The Morgan fingerprint density at radius 2 is 2.12 bits per heavy atom. The molecule has 0 fully saturated rings. The summed E-state index contributed by atoms with van der Waals surface area (Å²) in [5.74, 6) is 0.894. The summed E-state index contributed by atoms with van der Waals surface area (Å²) < 4.78 is 5.25. The number of amides is 1. The van der Waals surface area contributed by atoms with Gasteiger partial charge in [0, 0.05) is 24.6 Å². The van der Waals surface area contributed by atoms with Gasteiger partial charge in [-0.05, 0) is 36.8 Å². The van der Waals surface area contributed by atoms with Crippen molar-refractivity contribution in [2.75, 3.05) is 5.32 Å². The minimum atomic E-state index is -0.259. The van der Waals surface area contributed by atoms with Gasteiger partial charge < -0.3 is 15.1 Å². The van der Waals surface area contributed by atoms with Crippen LogP contribution in [0.4, 0.5) is 5.95 Å². The standard InChI is InChI=1S/C17H17N5O2/c1-12-8-15(16(23)19-10-13-4-2-6-18-9-13)22-17(21-12)20-11-14-5-3-7-24-14/h2-9H,10-11H2,1H3,(H,19,23)(H,20,21,22). The molecule has 1 amide bonds. The van der Waals surface area contributed by atoms with Gasteiger partial charge >= 0.3 is 0 Å². The monoisotopic (exact) mass is 323 g/mol. The molecule has 0 spiro atoms. The molecule has 3 rings (SSSR count). The predicted octanol–water partition coefficient (Wildman–Crippen LogP) is 2.32. The average Bonchev–Trinajstić information content (AvgIpc) is 3.12. The summed E-state index contributed by atoms with van der Waals surface area (Å²) in [4.78, 5) is 24.8. The summed E-state index contributed by atoms with van der Waals surface area (Å²) in [5, 5.41) is 5.87. The van der Waals surface area contributed by atoms with Gasteiger partial charge in [-0.3, -0.25) is 9.78 Å². The molecule has 0 aliphatic carbocycles. The van der Waals surface area contributed by atoms with E-state index in [0.29, 0.717) is 30.4 Å². The molecule has 0 saturated carbocycles. The average molecular weight is 323 g/mol. The third-order valence-electron chi connectivity index (χ3n) is 3.26. The molecule has 3 aromatic rings. The number of hydrogen-bond donors (Lipinski definition) is 2. The number of aromatic nitrogens is 3. The Balaban J connectivity index is 1.65. The first-order valence-electron chi connectivity index (χ1n) is 7.50. The molecule has 122 valence electrons. The van der Waals surface area contributed by atoms with E-state index in [4.69, 9.17) is 4.42 Å². The molecule has 0 bridgehead atoms. The van der Waals surface area contributed by atoms with Crippen molar-refractivity contribution >= 4 is 11.9 Å². The number of rotatable bonds is 6. The van der Waals surface area contributed by atoms with E-state index >= 15 is 0 Å². The summed E-state index contributed by atoms with van der Waals surface area (Å²) in [7, 11) is 0. The number of aryl methyl sites for hydroxylation is 1. The van der Waals surface area contributed by atoms with Crippen LogP contribution in [-0.2, 0) is 13.1 Å². The van der Waals surface area contributed by atoms with Crippen LogP contribution in [0.1, 0.15) is 27.5 Å². The van der Waals surface area contributed by atoms with Crippen molar-refractivity contribution in [2.45, 2.75) is 20.0 Å². The molecule has 2 N–H and O–H groups in total. The lowest BCUT2D eigenvalue weighted by Gasteiger charge is -2.08. The Labute approximate surface area is 139 Å². The number of pyridine rings is 1. The second-order valence-electron chi connectivity index (χ2n) is 5.20. The van der Waals surface area contributed by atoms with Crippen LogP contribution in [0.15, 0.2) is 53.4 Å². The number of nitrogens with one attached hydrogen (secondary N) is 2. The van der Waals surface area contributed by atoms with Gasteiger partial charge in [0.05, 0.1) is 12.8 Å². The van der Waals surface area contributed by atoms with Gasteiger partial charge in [-0.2, -0.15) is 0 Å². The normalized spacial score (nSPS) is 10.4. The summed E-state index contributed by atoms with van der Waals surface area (Å²) in [5.41, 5.74) is 1.94. The fourth-order valence-corrected chi connectivity index (χ4v) is 2.12. The number of carbonyl (C=O) groups is 1. The largest absolute Gasteiger partial charge is 0.467 e. The van der Waals surface area contributed by atoms with Gasteiger partial charge in [-0.1, -0.05) is 6.07 Å². The lowest BCUT2D eigenvalue weighted by atomic mass is 10.2. The maximum atomic E-state index is 12.3. The molecule has 0 aromatic carbocycles. The van der Waals surface area contributed by atoms with E-state index in [9.17, 15) is 4.79 Å². The molecule has 0 atom stereocenters. The molecule has 3 aromatic heterocycles. The Morgan fingerprint density at radius 1 is 1.21 bits per heavy atom. The van der Waals surface area contributed by atoms with E-state index < -0.39 is 0 Å². The minimum Gasteiger partial charge on any atom is -0.467 e. The van der Waals surface area contributed by atoms with Gasteiger partial charge in [0.25, 0.3) is 5.91 Å². The first-order valence-corrected chi connectivity index (χ1v) is 7.50. The van der Waals surface area contributed by atoms with Crippen LogP contribution in [0.5, 0.6) is 0 Å². The van der Waals surface area contributed by atoms with Crippen molar-refractivity contribution in [3.63, 3.8) is 0 Å². The van der Waals surface area contributed by atoms with Crippen molar-refractivity contribution < 1.29 is 9.21 Å². The van der Waals surface area contributed by atoms with Crippen LogP contribution in [0.3, 0.4) is 0 Å². The van der Waals surface area contributed by atoms with Crippen molar-refractivity contribution in [1.29, 1.82) is 0 Å². The molecular weight excluding hydrogens is 306 g/mol. The second-order valence-corrected chi connectivity index (χ2v) is 5.20. The van der Waals surface area contributed by atoms with Gasteiger partial charge in [-0.25, -0.2) is 9.97 Å². The zero-order valence-corrected chi connectivity index (χ0v) is 13.2. The first-order chi connectivity index (χ1) is 11.7. The Morgan fingerprint density at radius 3 is 2.88 bits per heavy atom. The van der Waals surface area contributed by atoms with E-state index in [2.05, 4.69) is 25.6 Å². The molecule has 7 nitrogen and oxygen atoms in total. The van der Waals surface area contributed by atoms with E-state index in [-0.39, 0.29) is 5.91 Å². The molecule has 0 aliphatic heterocycles. The van der Waals surface area contributed by atoms with Gasteiger partial charge in [0.1, 0.15) is 11.5 Å². The Kier molecular flexibility index (Phi) is 4.81. The zero-order chi connectivity index (χ0) is 16.8. The van der Waals surface area contributed by atoms with Gasteiger partial charge in [-0.15, -0.1) is 0 Å². The van der Waals surface area contributed by atoms with E-state index in [1.54, 1.807) is 24.7 Å². The SMILES string of the molecule is Cc1cc(C(=O)NCc2cccnc2)nc(NCc2ccco2)n1. The topological polar surface area (TPSA) is 92.9 Å². The highest BCUT2D eigenvalue weighted by Gasteiger charge is 2.10. The fourth-order valence-electron chi connectivity index (χ4n) is 2.12. The maximum Gasteiger partial charge on any atom is 0.270 e. The van der Waals surface area contributed by atoms with Crippen LogP contribution >= 0.6 is 0 Å². The van der Waals surface area contributed by atoms with Crippen LogP contribution < -0.4 is 10.6 Å². The third kappa shape index (κ3) is 4.16. The third-order valence-corrected chi connectivity index (χ3v) is 3.26. The highest BCUT2D eigenvalue weighted by molar-refractivity contribution is 5.92. The summed E-state index contributed by atoms with van der Waals surface area (Å²) >= 11 is 0. The molecule has 0 saturated heterocycles. The Bertz CT molecular complexity index is 803. The van der Waals surface area contributed by atoms with Gasteiger partial charge in [0.2, 0.25) is 5.95 Å². The molecule has 7 heteroatoms. The summed E-state index contributed by atoms with van der Waals surface area (Å²) in [6.45, 7) is 2.66. The molecular formula is C17H17N5O2. The molecule has 0 unspecified atom stereocenters. The van der Waals surface area contributed by atoms with Crippen molar-refractivity contribution in [1.82, 2.24) is 20.3 Å².